The Bertz CT molecular complexity index is 402. The monoisotopic (exact) mass is 251 g/mol. The van der Waals surface area contributed by atoms with Crippen LogP contribution >= 0.6 is 11.8 Å². The van der Waals surface area contributed by atoms with Crippen LogP contribution in [0.3, 0.4) is 0 Å². The molecule has 4 nitrogen and oxygen atoms in total. The van der Waals surface area contributed by atoms with Crippen LogP contribution < -0.4 is 5.73 Å². The maximum Gasteiger partial charge on any atom is 0.188 e. The van der Waals surface area contributed by atoms with E-state index < -0.39 is 0 Å². The molecular weight excluding hydrogens is 234 g/mol. The largest absolute Gasteiger partial charge is 0.409 e. The Balaban J connectivity index is 1.96. The fraction of sp³-hybridized carbons (Fsp3) is 0.500. The molecule has 0 atom stereocenters. The molecule has 0 radical (unpaired) electrons. The average molecular weight is 251 g/mol. The predicted molar refractivity (Wildman–Crippen MR) is 69.4 cm³/mol. The minimum atomic E-state index is 0.0633. The molecule has 0 spiro atoms. The van der Waals surface area contributed by atoms with Crippen LogP contribution in [-0.4, -0.2) is 21.8 Å². The minimum absolute atomic E-state index is 0.0633. The second-order valence-electron chi connectivity index (χ2n) is 4.31. The third kappa shape index (κ3) is 3.36. The summed E-state index contributed by atoms with van der Waals surface area (Å²) in [7, 11) is 0. The minimum Gasteiger partial charge on any atom is -0.409 e. The molecule has 0 bridgehead atoms. The zero-order valence-electron chi connectivity index (χ0n) is 9.67. The molecule has 1 heterocycles. The van der Waals surface area contributed by atoms with Crippen LogP contribution in [0.15, 0.2) is 28.4 Å². The molecule has 1 aliphatic carbocycles. The molecule has 92 valence electrons. The van der Waals surface area contributed by atoms with E-state index in [1.807, 2.05) is 12.1 Å². The molecule has 1 saturated carbocycles. The summed E-state index contributed by atoms with van der Waals surface area (Å²) in [5.74, 6) is 2.01. The van der Waals surface area contributed by atoms with E-state index in [-0.39, 0.29) is 5.84 Å². The summed E-state index contributed by atoms with van der Waals surface area (Å²) >= 11 is 1.76. The quantitative estimate of drug-likeness (QED) is 0.283. The number of aromatic nitrogens is 1. The number of hydrogen-bond acceptors (Lipinski definition) is 4. The molecule has 0 amide bonds. The van der Waals surface area contributed by atoms with Crippen LogP contribution in [0.1, 0.15) is 31.4 Å². The van der Waals surface area contributed by atoms with Gasteiger partial charge in [-0.05, 0) is 30.9 Å². The fourth-order valence-electron chi connectivity index (χ4n) is 2.07. The van der Waals surface area contributed by atoms with Gasteiger partial charge in [-0.25, -0.2) is 4.98 Å². The molecule has 0 aliphatic heterocycles. The van der Waals surface area contributed by atoms with Crippen LogP contribution in [0.2, 0.25) is 0 Å². The van der Waals surface area contributed by atoms with Crippen LogP contribution in [0.5, 0.6) is 0 Å². The number of nitrogens with two attached hydrogens (primary N) is 1. The van der Waals surface area contributed by atoms with E-state index in [2.05, 4.69) is 10.1 Å². The lowest BCUT2D eigenvalue weighted by Crippen LogP contribution is -2.15. The zero-order chi connectivity index (χ0) is 12.1. The van der Waals surface area contributed by atoms with E-state index in [1.165, 1.54) is 25.7 Å². The highest BCUT2D eigenvalue weighted by Gasteiger charge is 2.15. The standard InChI is InChI=1S/C12H17N3OS/c13-12(15-16)10-6-3-7-11(14-10)17-8-9-4-1-2-5-9/h3,6-7,9,16H,1-2,4-5,8H2,(H2,13,15). The fourth-order valence-corrected chi connectivity index (χ4v) is 3.15. The van der Waals surface area contributed by atoms with Gasteiger partial charge in [-0.3, -0.25) is 0 Å². The number of thioether (sulfide) groups is 1. The highest BCUT2D eigenvalue weighted by Crippen LogP contribution is 2.30. The van der Waals surface area contributed by atoms with Crippen molar-refractivity contribution in [2.75, 3.05) is 5.75 Å². The lowest BCUT2D eigenvalue weighted by Gasteiger charge is -2.08. The van der Waals surface area contributed by atoms with Gasteiger partial charge in [-0.15, -0.1) is 11.8 Å². The number of pyridine rings is 1. The van der Waals surface area contributed by atoms with Crippen molar-refractivity contribution in [1.29, 1.82) is 0 Å². The highest BCUT2D eigenvalue weighted by molar-refractivity contribution is 7.99. The molecule has 5 heteroatoms. The molecule has 1 aromatic heterocycles. The first kappa shape index (κ1) is 12.2. The molecule has 1 aliphatic rings. The summed E-state index contributed by atoms with van der Waals surface area (Å²) in [5, 5.41) is 12.5. The summed E-state index contributed by atoms with van der Waals surface area (Å²) < 4.78 is 0. The van der Waals surface area contributed by atoms with Gasteiger partial charge in [-0.2, -0.15) is 0 Å². The number of nitrogens with zero attached hydrogens (tertiary/aromatic N) is 2. The first-order valence-electron chi connectivity index (χ1n) is 5.87. The Hall–Kier alpha value is -1.23. The maximum atomic E-state index is 8.60. The van der Waals surface area contributed by atoms with Crippen molar-refractivity contribution in [3.63, 3.8) is 0 Å². The Kier molecular flexibility index (Phi) is 4.25. The van der Waals surface area contributed by atoms with Crippen molar-refractivity contribution in [1.82, 2.24) is 4.98 Å². The van der Waals surface area contributed by atoms with E-state index in [1.54, 1.807) is 17.8 Å². The van der Waals surface area contributed by atoms with Crippen LogP contribution in [0, 0.1) is 5.92 Å². The number of oxime groups is 1. The van der Waals surface area contributed by atoms with E-state index in [4.69, 9.17) is 10.9 Å². The molecule has 1 fully saturated rings. The number of rotatable bonds is 4. The number of amidine groups is 1. The molecule has 2 rings (SSSR count). The normalized spacial score (nSPS) is 17.5. The Morgan fingerprint density at radius 2 is 2.24 bits per heavy atom. The van der Waals surface area contributed by atoms with Gasteiger partial charge >= 0.3 is 0 Å². The lowest BCUT2D eigenvalue weighted by atomic mass is 10.1. The van der Waals surface area contributed by atoms with Gasteiger partial charge in [0.25, 0.3) is 0 Å². The van der Waals surface area contributed by atoms with E-state index in [0.717, 1.165) is 16.7 Å². The lowest BCUT2D eigenvalue weighted by molar-refractivity contribution is 0.318. The molecule has 0 aromatic carbocycles. The van der Waals surface area contributed by atoms with Gasteiger partial charge in [0.2, 0.25) is 0 Å². The van der Waals surface area contributed by atoms with Crippen LogP contribution in [0.4, 0.5) is 0 Å². The zero-order valence-corrected chi connectivity index (χ0v) is 10.5. The van der Waals surface area contributed by atoms with Crippen molar-refractivity contribution in [3.8, 4) is 0 Å². The third-order valence-corrected chi connectivity index (χ3v) is 4.20. The summed E-state index contributed by atoms with van der Waals surface area (Å²) in [5.41, 5.74) is 6.04. The first-order valence-corrected chi connectivity index (χ1v) is 6.86. The average Bonchev–Trinajstić information content (AvgIpc) is 2.89. The SMILES string of the molecule is NC(=NO)c1cccc(SCC2CCCC2)n1. The van der Waals surface area contributed by atoms with Crippen molar-refractivity contribution in [2.24, 2.45) is 16.8 Å². The van der Waals surface area contributed by atoms with Crippen molar-refractivity contribution in [3.05, 3.63) is 23.9 Å². The Labute approximate surface area is 105 Å². The predicted octanol–water partition coefficient (Wildman–Crippen LogP) is 2.46. The molecule has 3 N–H and O–H groups in total. The van der Waals surface area contributed by atoms with Crippen molar-refractivity contribution >= 4 is 17.6 Å². The van der Waals surface area contributed by atoms with E-state index in [0.29, 0.717) is 5.69 Å². The summed E-state index contributed by atoms with van der Waals surface area (Å²) in [4.78, 5) is 4.35. The second-order valence-corrected chi connectivity index (χ2v) is 5.35. The number of hydrogen-bond donors (Lipinski definition) is 2. The van der Waals surface area contributed by atoms with Gasteiger partial charge in [-0.1, -0.05) is 24.1 Å². The Morgan fingerprint density at radius 3 is 2.94 bits per heavy atom. The molecule has 17 heavy (non-hydrogen) atoms. The summed E-state index contributed by atoms with van der Waals surface area (Å²) in [6.07, 6.45) is 5.41. The molecule has 1 aromatic rings. The van der Waals surface area contributed by atoms with Crippen molar-refractivity contribution in [2.45, 2.75) is 30.7 Å². The van der Waals surface area contributed by atoms with Crippen LogP contribution in [-0.2, 0) is 0 Å². The van der Waals surface area contributed by atoms with Gasteiger partial charge in [0.1, 0.15) is 5.69 Å². The van der Waals surface area contributed by atoms with E-state index in [9.17, 15) is 0 Å². The summed E-state index contributed by atoms with van der Waals surface area (Å²) in [6.45, 7) is 0. The highest BCUT2D eigenvalue weighted by atomic mass is 32.2. The second kappa shape index (κ2) is 5.91. The maximum absolute atomic E-state index is 8.60. The van der Waals surface area contributed by atoms with Gasteiger partial charge in [0.15, 0.2) is 5.84 Å². The van der Waals surface area contributed by atoms with Crippen molar-refractivity contribution < 1.29 is 5.21 Å². The van der Waals surface area contributed by atoms with Crippen LogP contribution in [0.25, 0.3) is 0 Å². The van der Waals surface area contributed by atoms with Gasteiger partial charge in [0.05, 0.1) is 5.03 Å². The topological polar surface area (TPSA) is 71.5 Å². The molecule has 0 unspecified atom stereocenters. The summed E-state index contributed by atoms with van der Waals surface area (Å²) in [6, 6.07) is 5.60. The van der Waals surface area contributed by atoms with Gasteiger partial charge in [0, 0.05) is 5.75 Å². The Morgan fingerprint density at radius 1 is 1.47 bits per heavy atom. The molecular formula is C12H17N3OS. The van der Waals surface area contributed by atoms with E-state index >= 15 is 0 Å². The van der Waals surface area contributed by atoms with Gasteiger partial charge < -0.3 is 10.9 Å². The third-order valence-electron chi connectivity index (χ3n) is 3.04. The molecule has 0 saturated heterocycles. The smallest absolute Gasteiger partial charge is 0.188 e. The first-order chi connectivity index (χ1) is 8.29.